The van der Waals surface area contributed by atoms with Gasteiger partial charge < -0.3 is 8.98 Å². The third kappa shape index (κ3) is 4.01. The molecule has 0 aliphatic rings. The summed E-state index contributed by atoms with van der Waals surface area (Å²) in [6.07, 6.45) is 0. The maximum Gasteiger partial charge on any atom is 0.238 e. The number of hydrogen-bond acceptors (Lipinski definition) is 4. The van der Waals surface area contributed by atoms with Crippen LogP contribution in [-0.2, 0) is 0 Å². The van der Waals surface area contributed by atoms with Gasteiger partial charge in [-0.1, -0.05) is 133 Å². The molecule has 0 atom stereocenters. The molecule has 0 bridgehead atoms. The Morgan fingerprint density at radius 1 is 0.392 bits per heavy atom. The van der Waals surface area contributed by atoms with E-state index in [1.165, 1.54) is 0 Å². The highest BCUT2D eigenvalue weighted by atomic mass is 16.3. The van der Waals surface area contributed by atoms with E-state index >= 15 is 0 Å². The van der Waals surface area contributed by atoms with Gasteiger partial charge in [0.1, 0.15) is 11.2 Å². The van der Waals surface area contributed by atoms with E-state index in [1.807, 2.05) is 66.7 Å². The van der Waals surface area contributed by atoms with E-state index in [0.717, 1.165) is 82.4 Å². The number of fused-ring (bicyclic) bond motifs is 12. The number of aromatic nitrogens is 5. The van der Waals surface area contributed by atoms with Gasteiger partial charge in [0, 0.05) is 43.7 Å². The first-order valence-electron chi connectivity index (χ1n) is 17.1. The van der Waals surface area contributed by atoms with Gasteiger partial charge in [-0.05, 0) is 30.3 Å². The summed E-state index contributed by atoms with van der Waals surface area (Å²) in [5.74, 6) is 1.77. The molecule has 0 fully saturated rings. The minimum absolute atomic E-state index is 0.548. The summed E-state index contributed by atoms with van der Waals surface area (Å²) in [5, 5.41) is 6.52. The second kappa shape index (κ2) is 10.7. The van der Waals surface area contributed by atoms with Crippen LogP contribution in [0.2, 0.25) is 0 Å². The zero-order valence-electron chi connectivity index (χ0n) is 27.2. The van der Waals surface area contributed by atoms with Crippen molar-refractivity contribution in [2.45, 2.75) is 0 Å². The molecule has 0 saturated heterocycles. The Balaban J connectivity index is 1.42. The number of rotatable bonds is 4. The Morgan fingerprint density at radius 3 is 1.53 bits per heavy atom. The molecule has 4 heterocycles. The average Bonchev–Trinajstić information content (AvgIpc) is 3.87. The molecule has 0 aliphatic carbocycles. The number of para-hydroxylation sites is 4. The number of nitrogens with zero attached hydrogens (tertiary/aromatic N) is 5. The second-order valence-corrected chi connectivity index (χ2v) is 12.8. The largest absolute Gasteiger partial charge is 0.455 e. The van der Waals surface area contributed by atoms with Gasteiger partial charge in [-0.15, -0.1) is 0 Å². The van der Waals surface area contributed by atoms with E-state index in [2.05, 4.69) is 106 Å². The third-order valence-corrected chi connectivity index (χ3v) is 9.95. The van der Waals surface area contributed by atoms with Gasteiger partial charge >= 0.3 is 0 Å². The van der Waals surface area contributed by atoms with Crippen LogP contribution in [0.4, 0.5) is 0 Å². The van der Waals surface area contributed by atoms with Crippen molar-refractivity contribution in [3.63, 3.8) is 0 Å². The predicted octanol–water partition coefficient (Wildman–Crippen LogP) is 11.3. The van der Waals surface area contributed by atoms with Crippen LogP contribution in [-0.4, -0.2) is 24.1 Å². The monoisotopic (exact) mass is 653 g/mol. The van der Waals surface area contributed by atoms with Gasteiger partial charge in [0.15, 0.2) is 11.6 Å². The van der Waals surface area contributed by atoms with Crippen LogP contribution >= 0.6 is 0 Å². The van der Waals surface area contributed by atoms with E-state index in [0.29, 0.717) is 17.6 Å². The number of hydrogen-bond donors (Lipinski definition) is 0. The second-order valence-electron chi connectivity index (χ2n) is 12.8. The van der Waals surface area contributed by atoms with E-state index in [1.54, 1.807) is 0 Å². The van der Waals surface area contributed by atoms with Crippen LogP contribution in [0.5, 0.6) is 0 Å². The minimum Gasteiger partial charge on any atom is -0.455 e. The normalized spacial score (nSPS) is 11.9. The van der Waals surface area contributed by atoms with Crippen LogP contribution in [0, 0.1) is 0 Å². The van der Waals surface area contributed by atoms with Crippen molar-refractivity contribution < 1.29 is 4.42 Å². The van der Waals surface area contributed by atoms with Crippen molar-refractivity contribution in [2.24, 2.45) is 0 Å². The van der Waals surface area contributed by atoms with E-state index in [-0.39, 0.29) is 0 Å². The van der Waals surface area contributed by atoms with Crippen molar-refractivity contribution in [1.29, 1.82) is 0 Å². The van der Waals surface area contributed by atoms with Crippen molar-refractivity contribution in [3.05, 3.63) is 164 Å². The molecule has 0 saturated carbocycles. The van der Waals surface area contributed by atoms with Crippen LogP contribution in [0.3, 0.4) is 0 Å². The molecular formula is C45H27N5O. The lowest BCUT2D eigenvalue weighted by molar-refractivity contribution is 0.673. The zero-order valence-corrected chi connectivity index (χ0v) is 27.2. The summed E-state index contributed by atoms with van der Waals surface area (Å²) >= 11 is 0. The van der Waals surface area contributed by atoms with Crippen molar-refractivity contribution in [3.8, 4) is 34.4 Å². The smallest absolute Gasteiger partial charge is 0.238 e. The van der Waals surface area contributed by atoms with Gasteiger partial charge in [-0.2, -0.15) is 9.97 Å². The lowest BCUT2D eigenvalue weighted by Crippen LogP contribution is -2.07. The van der Waals surface area contributed by atoms with Crippen LogP contribution < -0.4 is 0 Å². The first kappa shape index (κ1) is 27.9. The molecule has 51 heavy (non-hydrogen) atoms. The molecule has 11 aromatic rings. The molecular weight excluding hydrogens is 627 g/mol. The Hall–Kier alpha value is -7.05. The van der Waals surface area contributed by atoms with E-state index < -0.39 is 0 Å². The van der Waals surface area contributed by atoms with Gasteiger partial charge in [0.2, 0.25) is 5.95 Å². The molecule has 0 unspecified atom stereocenters. The van der Waals surface area contributed by atoms with Crippen LogP contribution in [0.25, 0.3) is 100.0 Å². The molecule has 0 amide bonds. The highest BCUT2D eigenvalue weighted by Crippen LogP contribution is 2.49. The topological polar surface area (TPSA) is 61.7 Å². The molecule has 7 aromatic carbocycles. The van der Waals surface area contributed by atoms with Crippen molar-refractivity contribution in [2.75, 3.05) is 0 Å². The van der Waals surface area contributed by atoms with E-state index in [9.17, 15) is 0 Å². The third-order valence-electron chi connectivity index (χ3n) is 9.95. The maximum atomic E-state index is 6.89. The Morgan fingerprint density at radius 2 is 0.882 bits per heavy atom. The summed E-state index contributed by atoms with van der Waals surface area (Å²) in [7, 11) is 0. The lowest BCUT2D eigenvalue weighted by atomic mass is 10.0. The first-order valence-corrected chi connectivity index (χ1v) is 17.1. The summed E-state index contributed by atoms with van der Waals surface area (Å²) in [6.45, 7) is 0. The summed E-state index contributed by atoms with van der Waals surface area (Å²) in [6, 6.07) is 56.4. The van der Waals surface area contributed by atoms with Gasteiger partial charge in [0.05, 0.1) is 27.5 Å². The van der Waals surface area contributed by atoms with Crippen LogP contribution in [0.1, 0.15) is 0 Å². The van der Waals surface area contributed by atoms with Gasteiger partial charge in [0.25, 0.3) is 0 Å². The van der Waals surface area contributed by atoms with E-state index in [4.69, 9.17) is 19.4 Å². The highest BCUT2D eigenvalue weighted by Gasteiger charge is 2.28. The Bertz CT molecular complexity index is 3060. The zero-order chi connectivity index (χ0) is 33.5. The standard InChI is InChI=1S/C45H27N5O/c1-4-16-28(17-5-1)43-46-44(29-18-6-2-7-19-29)48-45(47-43)50-35-26-14-10-22-31(35)37-38-33-24-12-15-27-36(33)51-42(38)39-32-23-11-13-25-34(32)49(41(39)40(37)50)30-20-8-3-9-21-30/h1-27H. The van der Waals surface area contributed by atoms with Crippen LogP contribution in [0.15, 0.2) is 168 Å². The molecule has 6 heteroatoms. The highest BCUT2D eigenvalue weighted by molar-refractivity contribution is 6.39. The molecule has 6 nitrogen and oxygen atoms in total. The Kier molecular flexibility index (Phi) is 5.86. The SMILES string of the molecule is c1ccc(-c2nc(-c3ccccc3)nc(-n3c4ccccc4c4c5c6ccccc6oc5c5c6ccccc6n(-c6ccccc6)c5c43)n2)cc1. The van der Waals surface area contributed by atoms with Crippen molar-refractivity contribution in [1.82, 2.24) is 24.1 Å². The van der Waals surface area contributed by atoms with Crippen molar-refractivity contribution >= 4 is 65.6 Å². The summed E-state index contributed by atoms with van der Waals surface area (Å²) in [5.41, 5.74) is 8.76. The molecule has 0 N–H and O–H groups in total. The quantitative estimate of drug-likeness (QED) is 0.190. The van der Waals surface area contributed by atoms with Gasteiger partial charge in [-0.3, -0.25) is 4.57 Å². The number of furan rings is 1. The fourth-order valence-electron chi connectivity index (χ4n) is 7.83. The molecule has 0 radical (unpaired) electrons. The molecule has 11 rings (SSSR count). The molecule has 238 valence electrons. The minimum atomic E-state index is 0.548. The summed E-state index contributed by atoms with van der Waals surface area (Å²) in [4.78, 5) is 15.6. The summed E-state index contributed by atoms with van der Waals surface area (Å²) < 4.78 is 11.5. The predicted molar refractivity (Wildman–Crippen MR) is 207 cm³/mol. The maximum absolute atomic E-state index is 6.89. The molecule has 0 spiro atoms. The Labute approximate surface area is 291 Å². The molecule has 4 aromatic heterocycles. The number of benzene rings is 7. The fraction of sp³-hybridized carbons (Fsp3) is 0. The lowest BCUT2D eigenvalue weighted by Gasteiger charge is -2.13. The van der Waals surface area contributed by atoms with Gasteiger partial charge in [-0.25, -0.2) is 4.98 Å². The average molecular weight is 654 g/mol. The fourth-order valence-corrected chi connectivity index (χ4v) is 7.83. The first-order chi connectivity index (χ1) is 25.3. The molecule has 0 aliphatic heterocycles.